The summed E-state index contributed by atoms with van der Waals surface area (Å²) in [6.45, 7) is 0.850. The molecule has 1 rings (SSSR count). The van der Waals surface area contributed by atoms with E-state index in [4.69, 9.17) is 16.9 Å². The molecule has 0 bridgehead atoms. The monoisotopic (exact) mass is 286 g/mol. The number of nitrogens with one attached hydrogen (secondary N) is 1. The second-order valence-corrected chi connectivity index (χ2v) is 4.49. The SMILES string of the molecule is N#CCCCCNc1ccc(Br)cc1Cl. The Balaban J connectivity index is 2.35. The summed E-state index contributed by atoms with van der Waals surface area (Å²) in [5, 5.41) is 12.3. The van der Waals surface area contributed by atoms with Crippen LogP contribution in [0.2, 0.25) is 5.02 Å². The molecule has 0 amide bonds. The lowest BCUT2D eigenvalue weighted by Crippen LogP contribution is -2.01. The van der Waals surface area contributed by atoms with Crippen LogP contribution >= 0.6 is 27.5 Å². The summed E-state index contributed by atoms with van der Waals surface area (Å²) in [4.78, 5) is 0. The Morgan fingerprint density at radius 2 is 2.20 bits per heavy atom. The number of nitrogens with zero attached hydrogens (tertiary/aromatic N) is 1. The Morgan fingerprint density at radius 3 is 2.87 bits per heavy atom. The van der Waals surface area contributed by atoms with Crippen LogP contribution in [-0.2, 0) is 0 Å². The van der Waals surface area contributed by atoms with E-state index in [1.807, 2.05) is 18.2 Å². The van der Waals surface area contributed by atoms with E-state index in [9.17, 15) is 0 Å². The third-order valence-electron chi connectivity index (χ3n) is 1.96. The Bertz CT molecular complexity index is 360. The minimum Gasteiger partial charge on any atom is -0.384 e. The third-order valence-corrected chi connectivity index (χ3v) is 2.77. The first-order valence-electron chi connectivity index (χ1n) is 4.80. The van der Waals surface area contributed by atoms with Gasteiger partial charge in [0.05, 0.1) is 16.8 Å². The smallest absolute Gasteiger partial charge is 0.0648 e. The second kappa shape index (κ2) is 6.71. The molecule has 0 heterocycles. The van der Waals surface area contributed by atoms with Gasteiger partial charge in [0, 0.05) is 17.4 Å². The number of rotatable bonds is 5. The van der Waals surface area contributed by atoms with Gasteiger partial charge in [-0.05, 0) is 31.0 Å². The fraction of sp³-hybridized carbons (Fsp3) is 0.364. The third kappa shape index (κ3) is 4.55. The summed E-state index contributed by atoms with van der Waals surface area (Å²) in [7, 11) is 0. The zero-order chi connectivity index (χ0) is 11.1. The molecule has 0 saturated carbocycles. The molecule has 15 heavy (non-hydrogen) atoms. The Kier molecular flexibility index (Phi) is 5.52. The van der Waals surface area contributed by atoms with Crippen molar-refractivity contribution >= 4 is 33.2 Å². The van der Waals surface area contributed by atoms with Crippen molar-refractivity contribution in [2.75, 3.05) is 11.9 Å². The molecule has 80 valence electrons. The van der Waals surface area contributed by atoms with Gasteiger partial charge in [0.2, 0.25) is 0 Å². The maximum Gasteiger partial charge on any atom is 0.0648 e. The number of unbranched alkanes of at least 4 members (excludes halogenated alkanes) is 2. The van der Waals surface area contributed by atoms with Gasteiger partial charge in [0.25, 0.3) is 0 Å². The predicted octanol–water partition coefficient (Wildman–Crippen LogP) is 4.21. The molecule has 0 radical (unpaired) electrons. The van der Waals surface area contributed by atoms with Gasteiger partial charge in [0.15, 0.2) is 0 Å². The number of anilines is 1. The van der Waals surface area contributed by atoms with E-state index in [0.717, 1.165) is 29.5 Å². The first-order valence-corrected chi connectivity index (χ1v) is 5.97. The Labute approximate surface area is 103 Å². The van der Waals surface area contributed by atoms with E-state index in [1.165, 1.54) is 0 Å². The van der Waals surface area contributed by atoms with Crippen molar-refractivity contribution in [1.82, 2.24) is 0 Å². The van der Waals surface area contributed by atoms with Crippen molar-refractivity contribution in [2.45, 2.75) is 19.3 Å². The maximum absolute atomic E-state index is 8.36. The van der Waals surface area contributed by atoms with E-state index < -0.39 is 0 Å². The van der Waals surface area contributed by atoms with Crippen LogP contribution in [0, 0.1) is 11.3 Å². The summed E-state index contributed by atoms with van der Waals surface area (Å²) in [5.41, 5.74) is 0.942. The van der Waals surface area contributed by atoms with Gasteiger partial charge in [0.1, 0.15) is 0 Å². The van der Waals surface area contributed by atoms with Gasteiger partial charge >= 0.3 is 0 Å². The lowest BCUT2D eigenvalue weighted by atomic mass is 10.2. The molecule has 4 heteroatoms. The molecule has 0 aliphatic heterocycles. The van der Waals surface area contributed by atoms with E-state index in [0.29, 0.717) is 11.4 Å². The van der Waals surface area contributed by atoms with Gasteiger partial charge < -0.3 is 5.32 Å². The molecule has 0 aromatic heterocycles. The van der Waals surface area contributed by atoms with Crippen molar-refractivity contribution in [3.05, 3.63) is 27.7 Å². The quantitative estimate of drug-likeness (QED) is 0.824. The number of hydrogen-bond donors (Lipinski definition) is 1. The minimum atomic E-state index is 0.621. The number of nitriles is 1. The second-order valence-electron chi connectivity index (χ2n) is 3.17. The van der Waals surface area contributed by atoms with E-state index in [-0.39, 0.29) is 0 Å². The molecule has 2 nitrogen and oxygen atoms in total. The number of halogens is 2. The summed E-state index contributed by atoms with van der Waals surface area (Å²) >= 11 is 9.38. The summed E-state index contributed by atoms with van der Waals surface area (Å²) in [6, 6.07) is 7.87. The van der Waals surface area contributed by atoms with Gasteiger partial charge in [-0.15, -0.1) is 0 Å². The van der Waals surface area contributed by atoms with Crippen LogP contribution in [0.4, 0.5) is 5.69 Å². The van der Waals surface area contributed by atoms with Gasteiger partial charge in [-0.25, -0.2) is 0 Å². The summed E-state index contributed by atoms with van der Waals surface area (Å²) in [6.07, 6.45) is 2.54. The van der Waals surface area contributed by atoms with Crippen LogP contribution in [0.5, 0.6) is 0 Å². The highest BCUT2D eigenvalue weighted by Crippen LogP contribution is 2.25. The van der Waals surface area contributed by atoms with Gasteiger partial charge in [-0.2, -0.15) is 5.26 Å². The molecular weight excluding hydrogens is 275 g/mol. The summed E-state index contributed by atoms with van der Waals surface area (Å²) < 4.78 is 0.975. The molecule has 1 N–H and O–H groups in total. The van der Waals surface area contributed by atoms with Gasteiger partial charge in [-0.1, -0.05) is 27.5 Å². The van der Waals surface area contributed by atoms with Crippen LogP contribution < -0.4 is 5.32 Å². The lowest BCUT2D eigenvalue weighted by molar-refractivity contribution is 0.785. The molecule has 0 spiro atoms. The topological polar surface area (TPSA) is 35.8 Å². The average Bonchev–Trinajstić information content (AvgIpc) is 2.20. The van der Waals surface area contributed by atoms with Crippen LogP contribution in [0.1, 0.15) is 19.3 Å². The molecule has 0 saturated heterocycles. The highest BCUT2D eigenvalue weighted by atomic mass is 79.9. The standard InChI is InChI=1S/C11H12BrClN2/c12-9-4-5-11(10(13)8-9)15-7-3-1-2-6-14/h4-5,8,15H,1-3,7H2. The van der Waals surface area contributed by atoms with Crippen molar-refractivity contribution in [3.63, 3.8) is 0 Å². The zero-order valence-corrected chi connectivity index (χ0v) is 10.6. The predicted molar refractivity (Wildman–Crippen MR) is 67.1 cm³/mol. The first kappa shape index (κ1) is 12.4. The average molecular weight is 288 g/mol. The fourth-order valence-electron chi connectivity index (χ4n) is 1.18. The molecule has 0 aliphatic carbocycles. The van der Waals surface area contributed by atoms with E-state index >= 15 is 0 Å². The molecule has 0 atom stereocenters. The largest absolute Gasteiger partial charge is 0.384 e. The highest BCUT2D eigenvalue weighted by Gasteiger charge is 1.99. The van der Waals surface area contributed by atoms with E-state index in [1.54, 1.807) is 0 Å². The number of hydrogen-bond acceptors (Lipinski definition) is 2. The molecular formula is C11H12BrClN2. The Morgan fingerprint density at radius 1 is 1.40 bits per heavy atom. The highest BCUT2D eigenvalue weighted by molar-refractivity contribution is 9.10. The molecule has 0 aliphatic rings. The molecule has 0 unspecified atom stereocenters. The van der Waals surface area contributed by atoms with Crippen LogP contribution in [-0.4, -0.2) is 6.54 Å². The van der Waals surface area contributed by atoms with Crippen molar-refractivity contribution in [2.24, 2.45) is 0 Å². The molecule has 0 fully saturated rings. The minimum absolute atomic E-state index is 0.621. The molecule has 1 aromatic carbocycles. The van der Waals surface area contributed by atoms with Gasteiger partial charge in [-0.3, -0.25) is 0 Å². The van der Waals surface area contributed by atoms with Crippen molar-refractivity contribution < 1.29 is 0 Å². The summed E-state index contributed by atoms with van der Waals surface area (Å²) in [5.74, 6) is 0. The van der Waals surface area contributed by atoms with Crippen molar-refractivity contribution in [1.29, 1.82) is 5.26 Å². The first-order chi connectivity index (χ1) is 7.24. The zero-order valence-electron chi connectivity index (χ0n) is 8.26. The van der Waals surface area contributed by atoms with Crippen molar-refractivity contribution in [3.8, 4) is 6.07 Å². The Hall–Kier alpha value is -0.720. The maximum atomic E-state index is 8.36. The van der Waals surface area contributed by atoms with Crippen LogP contribution in [0.3, 0.4) is 0 Å². The molecule has 1 aromatic rings. The van der Waals surface area contributed by atoms with E-state index in [2.05, 4.69) is 27.3 Å². The van der Waals surface area contributed by atoms with Crippen LogP contribution in [0.15, 0.2) is 22.7 Å². The number of benzene rings is 1. The lowest BCUT2D eigenvalue weighted by Gasteiger charge is -2.07. The van der Waals surface area contributed by atoms with Crippen LogP contribution in [0.25, 0.3) is 0 Å². The normalized spacial score (nSPS) is 9.67. The fourth-order valence-corrected chi connectivity index (χ4v) is 1.93.